The molecule has 0 saturated heterocycles. The van der Waals surface area contributed by atoms with E-state index < -0.39 is 0 Å². The summed E-state index contributed by atoms with van der Waals surface area (Å²) in [4.78, 5) is 11.6. The molecule has 1 amide bonds. The quantitative estimate of drug-likeness (QED) is 0.811. The molecule has 1 aliphatic rings. The van der Waals surface area contributed by atoms with Gasteiger partial charge in [0.05, 0.1) is 0 Å². The maximum absolute atomic E-state index is 11.6. The highest BCUT2D eigenvalue weighted by atomic mass is 79.9. The van der Waals surface area contributed by atoms with Crippen LogP contribution < -0.4 is 11.1 Å². The molecule has 0 bridgehead atoms. The molecule has 15 heavy (non-hydrogen) atoms. The SMILES string of the molecule is Nc1cc(NC(=O)C2CCC2)ccc1Br. The van der Waals surface area contributed by atoms with Crippen molar-refractivity contribution < 1.29 is 4.79 Å². The molecule has 1 aromatic carbocycles. The lowest BCUT2D eigenvalue weighted by molar-refractivity contribution is -0.122. The molecule has 0 aliphatic heterocycles. The molecule has 1 saturated carbocycles. The van der Waals surface area contributed by atoms with Gasteiger partial charge in [0, 0.05) is 21.8 Å². The van der Waals surface area contributed by atoms with Gasteiger partial charge in [-0.25, -0.2) is 0 Å². The van der Waals surface area contributed by atoms with E-state index in [4.69, 9.17) is 5.73 Å². The largest absolute Gasteiger partial charge is 0.398 e. The number of nitrogen functional groups attached to an aromatic ring is 1. The lowest BCUT2D eigenvalue weighted by Gasteiger charge is -2.24. The van der Waals surface area contributed by atoms with Crippen LogP contribution in [0, 0.1) is 5.92 Å². The van der Waals surface area contributed by atoms with Crippen LogP contribution in [0.1, 0.15) is 19.3 Å². The summed E-state index contributed by atoms with van der Waals surface area (Å²) < 4.78 is 0.851. The highest BCUT2D eigenvalue weighted by Crippen LogP contribution is 2.28. The predicted molar refractivity (Wildman–Crippen MR) is 64.5 cm³/mol. The highest BCUT2D eigenvalue weighted by molar-refractivity contribution is 9.10. The van der Waals surface area contributed by atoms with Gasteiger partial charge in [0.15, 0.2) is 0 Å². The third kappa shape index (κ3) is 2.31. The fourth-order valence-corrected chi connectivity index (χ4v) is 1.78. The van der Waals surface area contributed by atoms with E-state index in [1.165, 1.54) is 6.42 Å². The van der Waals surface area contributed by atoms with Crippen LogP contribution in [-0.4, -0.2) is 5.91 Å². The predicted octanol–water partition coefficient (Wildman–Crippen LogP) is 2.77. The van der Waals surface area contributed by atoms with Gasteiger partial charge in [0.25, 0.3) is 0 Å². The molecule has 0 unspecified atom stereocenters. The average Bonchev–Trinajstić information content (AvgIpc) is 2.08. The first-order valence-electron chi connectivity index (χ1n) is 5.02. The smallest absolute Gasteiger partial charge is 0.227 e. The number of hydrogen-bond acceptors (Lipinski definition) is 2. The van der Waals surface area contributed by atoms with Crippen molar-refractivity contribution in [1.29, 1.82) is 0 Å². The molecule has 1 aromatic rings. The maximum Gasteiger partial charge on any atom is 0.227 e. The number of benzene rings is 1. The van der Waals surface area contributed by atoms with Gasteiger partial charge in [0.2, 0.25) is 5.91 Å². The highest BCUT2D eigenvalue weighted by Gasteiger charge is 2.25. The number of anilines is 2. The summed E-state index contributed by atoms with van der Waals surface area (Å²) in [5.41, 5.74) is 7.13. The van der Waals surface area contributed by atoms with Crippen molar-refractivity contribution in [1.82, 2.24) is 0 Å². The molecule has 0 atom stereocenters. The Morgan fingerprint density at radius 1 is 1.47 bits per heavy atom. The topological polar surface area (TPSA) is 55.1 Å². The lowest BCUT2D eigenvalue weighted by Crippen LogP contribution is -2.28. The van der Waals surface area contributed by atoms with Crippen molar-refractivity contribution in [2.24, 2.45) is 5.92 Å². The van der Waals surface area contributed by atoms with E-state index in [1.54, 1.807) is 6.07 Å². The summed E-state index contributed by atoms with van der Waals surface area (Å²) in [7, 11) is 0. The van der Waals surface area contributed by atoms with Crippen LogP contribution in [0.3, 0.4) is 0 Å². The number of rotatable bonds is 2. The Labute approximate surface area is 97.2 Å². The second-order valence-corrected chi connectivity index (χ2v) is 4.71. The van der Waals surface area contributed by atoms with Crippen molar-refractivity contribution in [3.05, 3.63) is 22.7 Å². The van der Waals surface area contributed by atoms with Crippen molar-refractivity contribution in [2.45, 2.75) is 19.3 Å². The van der Waals surface area contributed by atoms with Gasteiger partial charge in [-0.05, 0) is 47.0 Å². The second kappa shape index (κ2) is 4.23. The first kappa shape index (κ1) is 10.5. The molecule has 3 nitrogen and oxygen atoms in total. The minimum absolute atomic E-state index is 0.114. The summed E-state index contributed by atoms with van der Waals surface area (Å²) in [5, 5.41) is 2.87. The molecule has 1 aliphatic carbocycles. The summed E-state index contributed by atoms with van der Waals surface area (Å²) in [6.45, 7) is 0. The van der Waals surface area contributed by atoms with Crippen LogP contribution in [0.15, 0.2) is 22.7 Å². The van der Waals surface area contributed by atoms with Gasteiger partial charge in [-0.3, -0.25) is 4.79 Å². The van der Waals surface area contributed by atoms with E-state index in [9.17, 15) is 4.79 Å². The Kier molecular flexibility index (Phi) is 2.95. The number of halogens is 1. The van der Waals surface area contributed by atoms with Gasteiger partial charge in [-0.15, -0.1) is 0 Å². The Morgan fingerprint density at radius 3 is 2.73 bits per heavy atom. The third-order valence-electron chi connectivity index (χ3n) is 2.74. The van der Waals surface area contributed by atoms with Crippen molar-refractivity contribution >= 4 is 33.2 Å². The molecule has 2 rings (SSSR count). The number of nitrogens with one attached hydrogen (secondary N) is 1. The zero-order chi connectivity index (χ0) is 10.8. The maximum atomic E-state index is 11.6. The standard InChI is InChI=1S/C11H13BrN2O/c12-9-5-4-8(6-10(9)13)14-11(15)7-2-1-3-7/h4-7H,1-3,13H2,(H,14,15). The first-order chi connectivity index (χ1) is 7.16. The van der Waals surface area contributed by atoms with Gasteiger partial charge in [0.1, 0.15) is 0 Å². The Hall–Kier alpha value is -1.03. The molecule has 1 fully saturated rings. The van der Waals surface area contributed by atoms with E-state index in [0.717, 1.165) is 23.0 Å². The van der Waals surface area contributed by atoms with Gasteiger partial charge in [-0.1, -0.05) is 6.42 Å². The fourth-order valence-electron chi connectivity index (χ4n) is 1.54. The Bertz CT molecular complexity index is 388. The van der Waals surface area contributed by atoms with Crippen molar-refractivity contribution in [3.8, 4) is 0 Å². The molecular formula is C11H13BrN2O. The molecular weight excluding hydrogens is 256 g/mol. The van der Waals surface area contributed by atoms with Crippen LogP contribution in [0.4, 0.5) is 11.4 Å². The minimum Gasteiger partial charge on any atom is -0.398 e. The van der Waals surface area contributed by atoms with E-state index in [1.807, 2.05) is 12.1 Å². The van der Waals surface area contributed by atoms with E-state index in [-0.39, 0.29) is 11.8 Å². The molecule has 0 spiro atoms. The molecule has 0 aromatic heterocycles. The first-order valence-corrected chi connectivity index (χ1v) is 5.82. The Balaban J connectivity index is 2.03. The van der Waals surface area contributed by atoms with Crippen LogP contribution in [0.25, 0.3) is 0 Å². The summed E-state index contributed by atoms with van der Waals surface area (Å²) >= 11 is 3.31. The Morgan fingerprint density at radius 2 is 2.20 bits per heavy atom. The summed E-state index contributed by atoms with van der Waals surface area (Å²) in [6, 6.07) is 5.45. The number of amides is 1. The van der Waals surface area contributed by atoms with Crippen molar-refractivity contribution in [3.63, 3.8) is 0 Å². The van der Waals surface area contributed by atoms with Crippen molar-refractivity contribution in [2.75, 3.05) is 11.1 Å². The zero-order valence-electron chi connectivity index (χ0n) is 8.29. The number of carbonyl (C=O) groups is 1. The minimum atomic E-state index is 0.114. The molecule has 3 N–H and O–H groups in total. The van der Waals surface area contributed by atoms with Crippen LogP contribution in [0.2, 0.25) is 0 Å². The van der Waals surface area contributed by atoms with E-state index in [2.05, 4.69) is 21.2 Å². The van der Waals surface area contributed by atoms with E-state index in [0.29, 0.717) is 5.69 Å². The molecule has 0 heterocycles. The van der Waals surface area contributed by atoms with Crippen LogP contribution >= 0.6 is 15.9 Å². The van der Waals surface area contributed by atoms with E-state index >= 15 is 0 Å². The number of carbonyl (C=O) groups excluding carboxylic acids is 1. The molecule has 80 valence electrons. The second-order valence-electron chi connectivity index (χ2n) is 3.85. The number of nitrogens with two attached hydrogens (primary N) is 1. The normalized spacial score (nSPS) is 15.8. The van der Waals surface area contributed by atoms with Gasteiger partial charge in [-0.2, -0.15) is 0 Å². The third-order valence-corrected chi connectivity index (χ3v) is 3.46. The summed E-state index contributed by atoms with van der Waals surface area (Å²) in [5.74, 6) is 0.317. The average molecular weight is 269 g/mol. The summed E-state index contributed by atoms with van der Waals surface area (Å²) in [6.07, 6.45) is 3.19. The molecule has 4 heteroatoms. The van der Waals surface area contributed by atoms with Crippen LogP contribution in [-0.2, 0) is 4.79 Å². The van der Waals surface area contributed by atoms with Gasteiger partial charge >= 0.3 is 0 Å². The monoisotopic (exact) mass is 268 g/mol. The number of hydrogen-bond donors (Lipinski definition) is 2. The van der Waals surface area contributed by atoms with Gasteiger partial charge < -0.3 is 11.1 Å². The van der Waals surface area contributed by atoms with Crippen LogP contribution in [0.5, 0.6) is 0 Å². The molecule has 0 radical (unpaired) electrons. The zero-order valence-corrected chi connectivity index (χ0v) is 9.88. The fraction of sp³-hybridized carbons (Fsp3) is 0.364. The lowest BCUT2D eigenvalue weighted by atomic mass is 9.85.